The molecule has 0 saturated carbocycles. The van der Waals surface area contributed by atoms with Gasteiger partial charge in [0.2, 0.25) is 0 Å². The van der Waals surface area contributed by atoms with Gasteiger partial charge in [-0.05, 0) is 14.1 Å². The van der Waals surface area contributed by atoms with Crippen LogP contribution in [-0.4, -0.2) is 90.5 Å². The van der Waals surface area contributed by atoms with Crippen molar-refractivity contribution in [3.63, 3.8) is 0 Å². The van der Waals surface area contributed by atoms with Gasteiger partial charge in [0.15, 0.2) is 0 Å². The van der Waals surface area contributed by atoms with Gasteiger partial charge in [0.1, 0.15) is 0 Å². The number of carbonyl (C=O) groups is 2. The van der Waals surface area contributed by atoms with Crippen LogP contribution in [0, 0.1) is 35.1 Å². The molecule has 0 spiro atoms. The fraction of sp³-hybridized carbons (Fsp3) is 0.600. The van der Waals surface area contributed by atoms with Gasteiger partial charge >= 0.3 is 190 Å². The molecule has 3 aliphatic heterocycles. The minimum absolute atomic E-state index is 0.176. The van der Waals surface area contributed by atoms with E-state index < -0.39 is 63.9 Å². The third kappa shape index (κ3) is 8.84. The van der Waals surface area contributed by atoms with Gasteiger partial charge in [-0.15, -0.1) is 0 Å². The summed E-state index contributed by atoms with van der Waals surface area (Å²) in [6.45, 7) is 7.25. The number of amides is 2. The normalized spacial score (nSPS) is 21.2. The second-order valence-corrected chi connectivity index (χ2v) is 16.1. The van der Waals surface area contributed by atoms with Gasteiger partial charge in [-0.3, -0.25) is 0 Å². The van der Waals surface area contributed by atoms with E-state index in [-0.39, 0.29) is 12.7 Å². The molecule has 3 aliphatic rings. The number of aryl methyl sites for hydroxylation is 1. The Hall–Kier alpha value is -0.244. The van der Waals surface area contributed by atoms with E-state index in [1.807, 2.05) is 32.0 Å². The maximum atomic E-state index is 12.4. The molecular weight excluding hydrogens is 717 g/mol. The Balaban J connectivity index is 1.39. The number of benzene rings is 1. The molecule has 32 heavy (non-hydrogen) atoms. The van der Waals surface area contributed by atoms with Crippen molar-refractivity contribution in [2.45, 2.75) is 10.00 Å². The zero-order chi connectivity index (χ0) is 22.9. The van der Waals surface area contributed by atoms with Crippen LogP contribution >= 0.6 is 0 Å². The van der Waals surface area contributed by atoms with Crippen LogP contribution in [0.5, 0.6) is 0 Å². The van der Waals surface area contributed by atoms with Crippen LogP contribution in [0.3, 0.4) is 0 Å². The van der Waals surface area contributed by atoms with E-state index in [2.05, 4.69) is 17.6 Å². The number of rotatable bonds is 10. The molecule has 10 nitrogen and oxygen atoms in total. The van der Waals surface area contributed by atoms with Gasteiger partial charge in [-0.25, -0.2) is 0 Å². The summed E-state index contributed by atoms with van der Waals surface area (Å²) < 4.78 is 20.8. The third-order valence-electron chi connectivity index (χ3n) is 5.23. The summed E-state index contributed by atoms with van der Waals surface area (Å²) in [5, 5.41) is 5.53. The molecular formula is C20H31N5O5UY. The van der Waals surface area contributed by atoms with Gasteiger partial charge < -0.3 is 4.90 Å². The van der Waals surface area contributed by atoms with Gasteiger partial charge in [-0.2, -0.15) is 0 Å². The van der Waals surface area contributed by atoms with Gasteiger partial charge in [0, 0.05) is 6.54 Å². The fourth-order valence-corrected chi connectivity index (χ4v) is 14.5. The third-order valence-corrected chi connectivity index (χ3v) is 17.2. The first-order valence-corrected chi connectivity index (χ1v) is 18.1. The number of nitrogens with one attached hydrogen (secondary N) is 2. The molecule has 4 rings (SSSR count). The van der Waals surface area contributed by atoms with E-state index in [0.29, 0.717) is 27.7 Å². The molecule has 0 aromatic heterocycles. The zero-order valence-corrected chi connectivity index (χ0v) is 25.9. The van der Waals surface area contributed by atoms with Crippen molar-refractivity contribution >= 4 is 23.6 Å². The number of anilines is 2. The number of carbonyl (C=O) groups excluding carboxylic acids is 2. The molecule has 2 N–H and O–H groups in total. The quantitative estimate of drug-likeness (QED) is 0.349. The number of nitrogens with zero attached hydrogens (tertiary/aromatic N) is 3. The summed E-state index contributed by atoms with van der Waals surface area (Å²) in [5.41, 5.74) is 2.06. The predicted octanol–water partition coefficient (Wildman–Crippen LogP) is 1.58. The Labute approximate surface area is 220 Å². The number of piperazine rings is 1. The van der Waals surface area contributed by atoms with Gasteiger partial charge in [0.05, 0.1) is 6.61 Å². The van der Waals surface area contributed by atoms with Crippen molar-refractivity contribution in [2.75, 3.05) is 74.1 Å². The number of ether oxygens (including phenoxy) is 2. The number of hydrogen-bond acceptors (Lipinski definition) is 8. The first-order valence-electron chi connectivity index (χ1n) is 10.7. The Bertz CT molecular complexity index is 779. The van der Waals surface area contributed by atoms with E-state index in [0.717, 1.165) is 18.7 Å². The number of fused-ring (bicyclic) bond motifs is 3. The summed E-state index contributed by atoms with van der Waals surface area (Å²) in [4.78, 5) is 29.0. The summed E-state index contributed by atoms with van der Waals surface area (Å²) in [5.74, 6) is 0. The van der Waals surface area contributed by atoms with E-state index in [9.17, 15) is 9.59 Å². The Morgan fingerprint density at radius 1 is 1.19 bits per heavy atom. The van der Waals surface area contributed by atoms with Gasteiger partial charge in [-0.1, -0.05) is 0 Å². The molecule has 3 atom stereocenters. The van der Waals surface area contributed by atoms with E-state index in [4.69, 9.17) is 11.7 Å². The van der Waals surface area contributed by atoms with E-state index in [1.165, 1.54) is 16.4 Å². The SMILES string of the molecule is Cc1ccc(NC(=O)OCCOCCN(C)C)cc1NC(=O)[O][U][CH]1CN2CC[N]1[Y][CH2]2. The van der Waals surface area contributed by atoms with E-state index >= 15 is 0 Å². The topological polar surface area (TPSA) is 95.6 Å². The predicted molar refractivity (Wildman–Crippen MR) is 113 cm³/mol. The molecule has 3 fully saturated rings. The number of likely N-dealkylation sites (N-methyl/N-ethyl adjacent to an activating group) is 1. The second kappa shape index (κ2) is 13.6. The fourth-order valence-electron chi connectivity index (χ4n) is 3.35. The summed E-state index contributed by atoms with van der Waals surface area (Å²) in [6.07, 6.45) is -0.944. The molecule has 173 valence electrons. The Morgan fingerprint density at radius 2 is 2.03 bits per heavy atom. The van der Waals surface area contributed by atoms with Crippen LogP contribution in [0.2, 0.25) is 0 Å². The Kier molecular flexibility index (Phi) is 11.2. The maximum absolute atomic E-state index is 12.4. The standard InChI is InChI=1S/C15H23N3O5.C5H9N2.U.Y/c1-11-4-5-12(10-13(11)17-14(19)20)16-15(21)23-9-8-22-7-6-18(2)3;1-7-4-2-6-3-5-7;;/h4-5,10,17H,6-9H2,1-3H3,(H,16,21)(H,19,20);2H,1,3-5H2;;/q;-1;2*+1/p-1. The summed E-state index contributed by atoms with van der Waals surface area (Å²) in [6, 6.07) is 5.33. The molecule has 12 heteroatoms. The second-order valence-electron chi connectivity index (χ2n) is 8.03. The van der Waals surface area contributed by atoms with Crippen molar-refractivity contribution in [2.24, 2.45) is 0 Å². The van der Waals surface area contributed by atoms with Crippen LogP contribution in [0.1, 0.15) is 5.56 Å². The molecule has 0 aliphatic carbocycles. The van der Waals surface area contributed by atoms with Crippen molar-refractivity contribution in [3.05, 3.63) is 23.8 Å². The first-order chi connectivity index (χ1) is 15.4. The van der Waals surface area contributed by atoms with Crippen LogP contribution in [0.15, 0.2) is 18.2 Å². The van der Waals surface area contributed by atoms with Crippen molar-refractivity contribution in [1.29, 1.82) is 0 Å². The molecule has 3 heterocycles. The molecule has 2 amide bonds. The van der Waals surface area contributed by atoms with Crippen LogP contribution in [0.25, 0.3) is 0 Å². The van der Waals surface area contributed by atoms with Crippen LogP contribution < -0.4 is 10.6 Å². The van der Waals surface area contributed by atoms with Crippen LogP contribution in [-0.2, 0) is 41.3 Å². The van der Waals surface area contributed by atoms with Crippen molar-refractivity contribution in [1.82, 2.24) is 11.8 Å². The zero-order valence-electron chi connectivity index (χ0n) is 18.9. The monoisotopic (exact) mass is 748 g/mol. The number of hydrogen-bond donors (Lipinski definition) is 2. The molecule has 3 unspecified atom stereocenters. The molecule has 3 saturated heterocycles. The Morgan fingerprint density at radius 3 is 2.72 bits per heavy atom. The van der Waals surface area contributed by atoms with Crippen LogP contribution in [0.4, 0.5) is 21.0 Å². The average molecular weight is 748 g/mol. The first kappa shape index (κ1) is 26.4. The molecule has 1 aromatic carbocycles. The summed E-state index contributed by atoms with van der Waals surface area (Å²) in [7, 11) is 3.94. The van der Waals surface area contributed by atoms with Crippen molar-refractivity contribution < 1.29 is 79.1 Å². The van der Waals surface area contributed by atoms with Crippen molar-refractivity contribution in [3.8, 4) is 0 Å². The van der Waals surface area contributed by atoms with E-state index in [1.54, 1.807) is 12.1 Å². The average Bonchev–Trinajstić information content (AvgIpc) is 2.77. The summed E-state index contributed by atoms with van der Waals surface area (Å²) >= 11 is -2.31. The van der Waals surface area contributed by atoms with Gasteiger partial charge in [0.25, 0.3) is 0 Å². The minimum atomic E-state index is -1.67. The molecule has 0 radical (unpaired) electrons. The molecule has 2 bridgehead atoms. The molecule has 1 aromatic rings.